The normalized spacial score (nSPS) is 10.2. The highest BCUT2D eigenvalue weighted by Crippen LogP contribution is 2.23. The van der Waals surface area contributed by atoms with Crippen LogP contribution in [0.5, 0.6) is 5.75 Å². The zero-order valence-electron chi connectivity index (χ0n) is 9.13. The summed E-state index contributed by atoms with van der Waals surface area (Å²) in [6.45, 7) is 2.13. The van der Waals surface area contributed by atoms with Crippen LogP contribution in [0.2, 0.25) is 5.02 Å². The molecule has 0 aliphatic rings. The van der Waals surface area contributed by atoms with Crippen LogP contribution >= 0.6 is 27.5 Å². The van der Waals surface area contributed by atoms with E-state index in [1.54, 1.807) is 18.2 Å². The monoisotopic (exact) mass is 304 g/mol. The summed E-state index contributed by atoms with van der Waals surface area (Å²) in [4.78, 5) is 11.4. The fourth-order valence-electron chi connectivity index (χ4n) is 1.28. The van der Waals surface area contributed by atoms with Gasteiger partial charge in [0.15, 0.2) is 5.78 Å². The topological polar surface area (TPSA) is 26.3 Å². The van der Waals surface area contributed by atoms with Crippen LogP contribution in [-0.4, -0.2) is 17.7 Å². The van der Waals surface area contributed by atoms with Crippen molar-refractivity contribution in [3.05, 3.63) is 28.8 Å². The van der Waals surface area contributed by atoms with Gasteiger partial charge in [0.1, 0.15) is 5.75 Å². The molecule has 1 aromatic rings. The first kappa shape index (κ1) is 13.5. The molecule has 0 N–H and O–H groups in total. The van der Waals surface area contributed by atoms with Crippen molar-refractivity contribution in [3.63, 3.8) is 0 Å². The Hall–Kier alpha value is -0.540. The van der Waals surface area contributed by atoms with Gasteiger partial charge in [0, 0.05) is 10.4 Å². The van der Waals surface area contributed by atoms with E-state index < -0.39 is 0 Å². The lowest BCUT2D eigenvalue weighted by Gasteiger charge is -2.09. The minimum atomic E-state index is -0.0296. The van der Waals surface area contributed by atoms with Crippen LogP contribution in [0.15, 0.2) is 18.2 Å². The fourth-order valence-corrected chi connectivity index (χ4v) is 1.85. The quantitative estimate of drug-likeness (QED) is 0.449. The van der Waals surface area contributed by atoms with Gasteiger partial charge >= 0.3 is 0 Å². The molecule has 0 aliphatic carbocycles. The lowest BCUT2D eigenvalue weighted by Crippen LogP contribution is -2.03. The second-order valence-electron chi connectivity index (χ2n) is 3.44. The maximum atomic E-state index is 11.4. The number of Topliss-reactive ketones (excluding diaryl/α,β-unsaturated/α-hetero) is 1. The number of benzene rings is 1. The van der Waals surface area contributed by atoms with Crippen LogP contribution < -0.4 is 4.74 Å². The number of rotatable bonds is 6. The number of ether oxygens (including phenoxy) is 1. The molecule has 88 valence electrons. The molecule has 0 unspecified atom stereocenters. The molecule has 0 saturated carbocycles. The van der Waals surface area contributed by atoms with Gasteiger partial charge in [-0.2, -0.15) is 0 Å². The third-order valence-corrected chi connectivity index (χ3v) is 2.90. The lowest BCUT2D eigenvalue weighted by molar-refractivity contribution is 0.101. The Kier molecular flexibility index (Phi) is 5.85. The number of carbonyl (C=O) groups excluding carboxylic acids is 1. The number of alkyl halides is 1. The van der Waals surface area contributed by atoms with E-state index in [9.17, 15) is 4.79 Å². The van der Waals surface area contributed by atoms with E-state index in [2.05, 4.69) is 15.9 Å². The summed E-state index contributed by atoms with van der Waals surface area (Å²) >= 11 is 9.19. The van der Waals surface area contributed by atoms with Gasteiger partial charge in [-0.3, -0.25) is 4.79 Å². The zero-order valence-corrected chi connectivity index (χ0v) is 11.5. The van der Waals surface area contributed by atoms with Crippen LogP contribution in [0.25, 0.3) is 0 Å². The number of halogens is 2. The van der Waals surface area contributed by atoms with Gasteiger partial charge in [0.05, 0.1) is 12.2 Å². The van der Waals surface area contributed by atoms with E-state index in [0.717, 1.165) is 18.2 Å². The minimum Gasteiger partial charge on any atom is -0.493 e. The van der Waals surface area contributed by atoms with Crippen molar-refractivity contribution < 1.29 is 9.53 Å². The fraction of sp³-hybridized carbons (Fsp3) is 0.417. The van der Waals surface area contributed by atoms with Crippen molar-refractivity contribution in [1.82, 2.24) is 0 Å². The Morgan fingerprint density at radius 3 is 2.81 bits per heavy atom. The van der Waals surface area contributed by atoms with E-state index in [4.69, 9.17) is 16.3 Å². The average Bonchev–Trinajstić information content (AvgIpc) is 2.26. The third-order valence-electron chi connectivity index (χ3n) is 2.11. The summed E-state index contributed by atoms with van der Waals surface area (Å²) < 4.78 is 5.56. The molecule has 0 saturated heterocycles. The molecule has 1 rings (SSSR count). The Balaban J connectivity index is 2.67. The Morgan fingerprint density at radius 1 is 1.44 bits per heavy atom. The highest BCUT2D eigenvalue weighted by atomic mass is 79.9. The maximum absolute atomic E-state index is 11.4. The molecule has 1 aromatic carbocycles. The molecule has 0 radical (unpaired) electrons. The van der Waals surface area contributed by atoms with Crippen molar-refractivity contribution in [1.29, 1.82) is 0 Å². The summed E-state index contributed by atoms with van der Waals surface area (Å²) in [5, 5.41) is 1.52. The van der Waals surface area contributed by atoms with Gasteiger partial charge in [-0.1, -0.05) is 27.5 Å². The molecule has 2 nitrogen and oxygen atoms in total. The van der Waals surface area contributed by atoms with Gasteiger partial charge in [-0.25, -0.2) is 0 Å². The number of hydrogen-bond donors (Lipinski definition) is 0. The highest BCUT2D eigenvalue weighted by Gasteiger charge is 2.08. The standard InChI is InChI=1S/C12H14BrClO2/c1-9(15)11-8-10(14)4-5-12(11)16-7-3-2-6-13/h4-5,8H,2-3,6-7H2,1H3. The first-order chi connectivity index (χ1) is 7.65. The number of ketones is 1. The van der Waals surface area contributed by atoms with E-state index in [1.807, 2.05) is 0 Å². The lowest BCUT2D eigenvalue weighted by atomic mass is 10.1. The highest BCUT2D eigenvalue weighted by molar-refractivity contribution is 9.09. The molecule has 0 amide bonds. The van der Waals surface area contributed by atoms with E-state index in [1.165, 1.54) is 6.92 Å². The molecule has 0 aromatic heterocycles. The second kappa shape index (κ2) is 6.92. The summed E-state index contributed by atoms with van der Waals surface area (Å²) in [5.41, 5.74) is 0.548. The van der Waals surface area contributed by atoms with E-state index in [0.29, 0.717) is 22.9 Å². The number of hydrogen-bond acceptors (Lipinski definition) is 2. The predicted octanol–water partition coefficient (Wildman–Crippen LogP) is 4.10. The summed E-state index contributed by atoms with van der Waals surface area (Å²) in [6.07, 6.45) is 2.02. The van der Waals surface area contributed by atoms with Gasteiger partial charge < -0.3 is 4.74 Å². The van der Waals surface area contributed by atoms with Crippen LogP contribution in [-0.2, 0) is 0 Å². The molecule has 0 fully saturated rings. The van der Waals surface area contributed by atoms with Gasteiger partial charge in [-0.15, -0.1) is 0 Å². The minimum absolute atomic E-state index is 0.0296. The molecule has 16 heavy (non-hydrogen) atoms. The van der Waals surface area contributed by atoms with Crippen molar-refractivity contribution >= 4 is 33.3 Å². The van der Waals surface area contributed by atoms with Gasteiger partial charge in [0.2, 0.25) is 0 Å². The van der Waals surface area contributed by atoms with Crippen molar-refractivity contribution in [2.24, 2.45) is 0 Å². The van der Waals surface area contributed by atoms with E-state index >= 15 is 0 Å². The van der Waals surface area contributed by atoms with Crippen LogP contribution in [0.1, 0.15) is 30.1 Å². The first-order valence-electron chi connectivity index (χ1n) is 5.14. The number of carbonyl (C=O) groups is 1. The molecule has 0 bridgehead atoms. The van der Waals surface area contributed by atoms with Crippen LogP contribution in [0.3, 0.4) is 0 Å². The Bertz CT molecular complexity index is 366. The zero-order chi connectivity index (χ0) is 12.0. The molecule has 4 heteroatoms. The van der Waals surface area contributed by atoms with Gasteiger partial charge in [-0.05, 0) is 38.0 Å². The smallest absolute Gasteiger partial charge is 0.163 e. The van der Waals surface area contributed by atoms with Crippen molar-refractivity contribution in [2.45, 2.75) is 19.8 Å². The van der Waals surface area contributed by atoms with Gasteiger partial charge in [0.25, 0.3) is 0 Å². The SMILES string of the molecule is CC(=O)c1cc(Cl)ccc1OCCCCBr. The Morgan fingerprint density at radius 2 is 2.19 bits per heavy atom. The molecule has 0 aliphatic heterocycles. The van der Waals surface area contributed by atoms with E-state index in [-0.39, 0.29) is 5.78 Å². The average molecular weight is 306 g/mol. The molecule has 0 atom stereocenters. The molecular formula is C12H14BrClO2. The second-order valence-corrected chi connectivity index (χ2v) is 4.67. The molecule has 0 spiro atoms. The van der Waals surface area contributed by atoms with Crippen molar-refractivity contribution in [2.75, 3.05) is 11.9 Å². The summed E-state index contributed by atoms with van der Waals surface area (Å²) in [7, 11) is 0. The number of unbranched alkanes of at least 4 members (excludes halogenated alkanes) is 1. The largest absolute Gasteiger partial charge is 0.493 e. The predicted molar refractivity (Wildman–Crippen MR) is 70.0 cm³/mol. The molecule has 0 heterocycles. The third kappa shape index (κ3) is 4.14. The molecular weight excluding hydrogens is 291 g/mol. The Labute approximate surface area is 109 Å². The van der Waals surface area contributed by atoms with Crippen LogP contribution in [0, 0.1) is 0 Å². The van der Waals surface area contributed by atoms with Crippen molar-refractivity contribution in [3.8, 4) is 5.75 Å². The maximum Gasteiger partial charge on any atom is 0.163 e. The first-order valence-corrected chi connectivity index (χ1v) is 6.64. The summed E-state index contributed by atoms with van der Waals surface area (Å²) in [6, 6.07) is 5.12. The summed E-state index contributed by atoms with van der Waals surface area (Å²) in [5.74, 6) is 0.587. The van der Waals surface area contributed by atoms with Crippen LogP contribution in [0.4, 0.5) is 0 Å².